The number of esters is 1. The molecule has 1 amide bonds. The molecule has 128 valence electrons. The molecular formula is C17H25NO5. The molecule has 0 aromatic heterocycles. The zero-order valence-corrected chi connectivity index (χ0v) is 14.1. The Morgan fingerprint density at radius 2 is 1.91 bits per heavy atom. The van der Waals surface area contributed by atoms with Gasteiger partial charge in [-0.3, -0.25) is 9.59 Å². The van der Waals surface area contributed by atoms with E-state index in [1.807, 2.05) is 6.92 Å². The topological polar surface area (TPSA) is 76.1 Å². The average molecular weight is 323 g/mol. The van der Waals surface area contributed by atoms with Gasteiger partial charge in [-0.1, -0.05) is 26.0 Å². The van der Waals surface area contributed by atoms with Crippen LogP contribution in [0.5, 0.6) is 5.75 Å². The van der Waals surface area contributed by atoms with Crippen molar-refractivity contribution in [2.24, 2.45) is 5.92 Å². The molecule has 6 nitrogen and oxygen atoms in total. The van der Waals surface area contributed by atoms with Gasteiger partial charge in [0.1, 0.15) is 5.75 Å². The Morgan fingerprint density at radius 1 is 1.26 bits per heavy atom. The van der Waals surface area contributed by atoms with Gasteiger partial charge in [0, 0.05) is 6.54 Å². The van der Waals surface area contributed by atoms with Crippen LogP contribution in [0.25, 0.3) is 0 Å². The van der Waals surface area contributed by atoms with Crippen molar-refractivity contribution >= 4 is 11.9 Å². The molecule has 1 aromatic carbocycles. The Morgan fingerprint density at radius 3 is 2.43 bits per heavy atom. The lowest BCUT2D eigenvalue weighted by molar-refractivity contribution is -0.145. The molecule has 6 heteroatoms. The van der Waals surface area contributed by atoms with Gasteiger partial charge in [-0.2, -0.15) is 0 Å². The van der Waals surface area contributed by atoms with Gasteiger partial charge in [-0.15, -0.1) is 0 Å². The van der Waals surface area contributed by atoms with Crippen molar-refractivity contribution in [3.05, 3.63) is 29.8 Å². The van der Waals surface area contributed by atoms with Gasteiger partial charge in [-0.05, 0) is 18.6 Å². The van der Waals surface area contributed by atoms with E-state index in [0.717, 1.165) is 0 Å². The fourth-order valence-corrected chi connectivity index (χ4v) is 2.39. The highest BCUT2D eigenvalue weighted by molar-refractivity contribution is 5.97. The molecule has 1 N–H and O–H groups in total. The van der Waals surface area contributed by atoms with Gasteiger partial charge in [-0.25, -0.2) is 0 Å². The third-order valence-electron chi connectivity index (χ3n) is 3.80. The number of amides is 1. The summed E-state index contributed by atoms with van der Waals surface area (Å²) in [5.74, 6) is -0.699. The van der Waals surface area contributed by atoms with Crippen LogP contribution in [0.3, 0.4) is 0 Å². The van der Waals surface area contributed by atoms with Crippen LogP contribution >= 0.6 is 0 Å². The van der Waals surface area contributed by atoms with Crippen molar-refractivity contribution in [2.75, 3.05) is 27.4 Å². The molecule has 2 atom stereocenters. The van der Waals surface area contributed by atoms with Crippen LogP contribution in [-0.4, -0.2) is 55.3 Å². The Hall–Kier alpha value is -2.08. The fraction of sp³-hybridized carbons (Fsp3) is 0.529. The number of carbonyl (C=O) groups excluding carboxylic acids is 2. The number of ether oxygens (including phenoxy) is 2. The van der Waals surface area contributed by atoms with E-state index in [1.54, 1.807) is 31.2 Å². The molecule has 23 heavy (non-hydrogen) atoms. The number of rotatable bonds is 8. The Bertz CT molecular complexity index is 527. The molecular weight excluding hydrogens is 298 g/mol. The summed E-state index contributed by atoms with van der Waals surface area (Å²) in [6.45, 7) is 3.57. The maximum Gasteiger partial charge on any atom is 0.310 e. The molecule has 0 fully saturated rings. The van der Waals surface area contributed by atoms with Crippen molar-refractivity contribution < 1.29 is 24.2 Å². The number of aliphatic hydroxyl groups is 1. The van der Waals surface area contributed by atoms with Crippen LogP contribution in [0.4, 0.5) is 0 Å². The highest BCUT2D eigenvalue weighted by atomic mass is 16.5. The largest absolute Gasteiger partial charge is 0.496 e. The number of carbonyl (C=O) groups is 2. The lowest BCUT2D eigenvalue weighted by Gasteiger charge is -2.32. The second-order valence-corrected chi connectivity index (χ2v) is 5.33. The number of benzene rings is 1. The summed E-state index contributed by atoms with van der Waals surface area (Å²) in [5.41, 5.74) is 0.402. The molecule has 0 aliphatic rings. The molecule has 0 saturated heterocycles. The first-order chi connectivity index (χ1) is 11.0. The normalized spacial score (nSPS) is 13.1. The van der Waals surface area contributed by atoms with E-state index in [4.69, 9.17) is 9.47 Å². The fourth-order valence-electron chi connectivity index (χ4n) is 2.39. The Labute approximate surface area is 137 Å². The zero-order valence-electron chi connectivity index (χ0n) is 14.1. The van der Waals surface area contributed by atoms with Crippen LogP contribution in [0.1, 0.15) is 30.6 Å². The van der Waals surface area contributed by atoms with Gasteiger partial charge in [0.05, 0.1) is 38.3 Å². The van der Waals surface area contributed by atoms with Crippen molar-refractivity contribution in [3.8, 4) is 5.75 Å². The first-order valence-corrected chi connectivity index (χ1v) is 7.62. The summed E-state index contributed by atoms with van der Waals surface area (Å²) in [7, 11) is 2.81. The Balaban J connectivity index is 3.12. The number of nitrogens with zero attached hydrogens (tertiary/aromatic N) is 1. The number of methoxy groups -OCH3 is 2. The first kappa shape index (κ1) is 19.0. The predicted molar refractivity (Wildman–Crippen MR) is 86.4 cm³/mol. The third kappa shape index (κ3) is 4.69. The van der Waals surface area contributed by atoms with E-state index in [1.165, 1.54) is 19.1 Å². The van der Waals surface area contributed by atoms with E-state index >= 15 is 0 Å². The van der Waals surface area contributed by atoms with Crippen LogP contribution in [-0.2, 0) is 9.53 Å². The highest BCUT2D eigenvalue weighted by Gasteiger charge is 2.28. The summed E-state index contributed by atoms with van der Waals surface area (Å²) < 4.78 is 9.96. The molecule has 0 saturated carbocycles. The maximum absolute atomic E-state index is 12.9. The molecule has 0 radical (unpaired) electrons. The van der Waals surface area contributed by atoms with Crippen molar-refractivity contribution in [1.82, 2.24) is 4.90 Å². The molecule has 0 spiro atoms. The van der Waals surface area contributed by atoms with Gasteiger partial charge < -0.3 is 19.5 Å². The maximum atomic E-state index is 12.9. The average Bonchev–Trinajstić information content (AvgIpc) is 2.60. The van der Waals surface area contributed by atoms with Gasteiger partial charge >= 0.3 is 5.97 Å². The number of hydrogen-bond acceptors (Lipinski definition) is 5. The van der Waals surface area contributed by atoms with E-state index in [9.17, 15) is 14.7 Å². The molecule has 1 aromatic rings. The lowest BCUT2D eigenvalue weighted by atomic mass is 10.1. The lowest BCUT2D eigenvalue weighted by Crippen LogP contribution is -2.45. The van der Waals surface area contributed by atoms with E-state index in [0.29, 0.717) is 17.7 Å². The second-order valence-electron chi connectivity index (χ2n) is 5.33. The molecule has 0 aliphatic heterocycles. The molecule has 0 heterocycles. The minimum absolute atomic E-state index is 0.169. The van der Waals surface area contributed by atoms with Gasteiger partial charge in [0.15, 0.2) is 0 Å². The molecule has 0 bridgehead atoms. The summed E-state index contributed by atoms with van der Waals surface area (Å²) in [4.78, 5) is 26.1. The first-order valence-electron chi connectivity index (χ1n) is 7.62. The molecule has 0 aliphatic carbocycles. The summed E-state index contributed by atoms with van der Waals surface area (Å²) >= 11 is 0. The summed E-state index contributed by atoms with van der Waals surface area (Å²) in [5, 5.41) is 9.59. The number of hydrogen-bond donors (Lipinski definition) is 1. The number of aliphatic hydroxyl groups excluding tert-OH is 1. The van der Waals surface area contributed by atoms with Crippen LogP contribution in [0.2, 0.25) is 0 Å². The van der Waals surface area contributed by atoms with Crippen LogP contribution < -0.4 is 4.74 Å². The quantitative estimate of drug-likeness (QED) is 0.737. The highest BCUT2D eigenvalue weighted by Crippen LogP contribution is 2.22. The second kappa shape index (κ2) is 9.15. The van der Waals surface area contributed by atoms with E-state index < -0.39 is 11.9 Å². The van der Waals surface area contributed by atoms with E-state index in [-0.39, 0.29) is 25.1 Å². The van der Waals surface area contributed by atoms with Gasteiger partial charge in [0.25, 0.3) is 5.91 Å². The predicted octanol–water partition coefficient (Wildman–Crippen LogP) is 1.72. The van der Waals surface area contributed by atoms with Crippen LogP contribution in [0, 0.1) is 5.92 Å². The molecule has 2 unspecified atom stereocenters. The molecule has 1 rings (SSSR count). The minimum Gasteiger partial charge on any atom is -0.496 e. The minimum atomic E-state index is -0.487. The summed E-state index contributed by atoms with van der Waals surface area (Å²) in [6, 6.07) is 6.52. The standard InChI is InChI=1S/C17H25NO5/c1-5-13(11-19)18(10-12(2)17(21)23-4)16(20)14-8-6-7-9-15(14)22-3/h6-9,12-13,19H,5,10-11H2,1-4H3. The summed E-state index contributed by atoms with van der Waals surface area (Å²) in [6.07, 6.45) is 0.575. The van der Waals surface area contributed by atoms with Crippen LogP contribution in [0.15, 0.2) is 24.3 Å². The van der Waals surface area contributed by atoms with Crippen molar-refractivity contribution in [2.45, 2.75) is 26.3 Å². The number of para-hydroxylation sites is 1. The monoisotopic (exact) mass is 323 g/mol. The third-order valence-corrected chi connectivity index (χ3v) is 3.80. The Kier molecular flexibility index (Phi) is 7.54. The van der Waals surface area contributed by atoms with E-state index in [2.05, 4.69) is 0 Å². The zero-order chi connectivity index (χ0) is 17.4. The smallest absolute Gasteiger partial charge is 0.310 e. The van der Waals surface area contributed by atoms with Crippen molar-refractivity contribution in [3.63, 3.8) is 0 Å². The van der Waals surface area contributed by atoms with Gasteiger partial charge in [0.2, 0.25) is 0 Å². The SMILES string of the molecule is CCC(CO)N(CC(C)C(=O)OC)C(=O)c1ccccc1OC. The van der Waals surface area contributed by atoms with Crippen molar-refractivity contribution in [1.29, 1.82) is 0 Å².